The minimum Gasteiger partial charge on any atom is -0.359 e. The van der Waals surface area contributed by atoms with Crippen LogP contribution in [0.2, 0.25) is 0 Å². The number of carbonyl (C=O) groups excluding carboxylic acids is 1. The summed E-state index contributed by atoms with van der Waals surface area (Å²) >= 11 is 0. The van der Waals surface area contributed by atoms with Crippen molar-refractivity contribution in [2.45, 2.75) is 25.4 Å². The Morgan fingerprint density at radius 2 is 1.97 bits per heavy atom. The first kappa shape index (κ1) is 21.6. The van der Waals surface area contributed by atoms with Crippen molar-refractivity contribution in [1.82, 2.24) is 24.8 Å². The van der Waals surface area contributed by atoms with Crippen LogP contribution >= 0.6 is 0 Å². The van der Waals surface area contributed by atoms with E-state index in [2.05, 4.69) is 25.6 Å². The molecule has 0 saturated heterocycles. The third kappa shape index (κ3) is 3.87. The smallest absolute Gasteiger partial charge is 0.306 e. The standard InChI is InChI=1S/C24H20F2N6O2/c1-14-11-28-22(29-13-24(25,26)18-7-2-3-10-27-18)23(34)32(14)12-19(33)31-21-16-6-4-5-15-8-9-17(21)30-20(15)16/h2-11,21H,12-13H2,1H3,(H,28,29)(H,31,33). The number of hydrogen-bond acceptors (Lipinski definition) is 6. The second-order valence-electron chi connectivity index (χ2n) is 8.07. The molecule has 1 unspecified atom stereocenters. The highest BCUT2D eigenvalue weighted by atomic mass is 19.3. The molecule has 4 heterocycles. The first-order chi connectivity index (χ1) is 16.3. The van der Waals surface area contributed by atoms with Crippen molar-refractivity contribution in [3.8, 4) is 0 Å². The largest absolute Gasteiger partial charge is 0.359 e. The molecule has 1 aromatic carbocycles. The maximum atomic E-state index is 14.4. The minimum atomic E-state index is -3.31. The number of para-hydroxylation sites is 1. The lowest BCUT2D eigenvalue weighted by atomic mass is 10.1. The van der Waals surface area contributed by atoms with E-state index in [0.717, 1.165) is 22.2 Å². The molecule has 4 aromatic rings. The monoisotopic (exact) mass is 462 g/mol. The SMILES string of the molecule is Cc1cnc(NCC(F)(F)c2ccccn2)c(=O)n1CC(=O)NC1c2ccc3cccc1c3n2. The summed E-state index contributed by atoms with van der Waals surface area (Å²) in [5.74, 6) is -3.99. The van der Waals surface area contributed by atoms with E-state index < -0.39 is 35.7 Å². The lowest BCUT2D eigenvalue weighted by molar-refractivity contribution is -0.122. The highest BCUT2D eigenvalue weighted by molar-refractivity contribution is 5.87. The molecule has 2 bridgehead atoms. The zero-order valence-electron chi connectivity index (χ0n) is 18.1. The number of amides is 1. The van der Waals surface area contributed by atoms with Gasteiger partial charge in [0.2, 0.25) is 5.91 Å². The Morgan fingerprint density at radius 3 is 2.76 bits per heavy atom. The number of aryl methyl sites for hydroxylation is 1. The number of aromatic nitrogens is 4. The first-order valence-corrected chi connectivity index (χ1v) is 10.6. The Bertz CT molecular complexity index is 1460. The normalized spacial score (nSPS) is 14.5. The fourth-order valence-corrected chi connectivity index (χ4v) is 3.99. The van der Waals surface area contributed by atoms with E-state index in [0.29, 0.717) is 5.69 Å². The molecule has 1 aliphatic heterocycles. The fourth-order valence-electron chi connectivity index (χ4n) is 3.99. The fraction of sp³-hybridized carbons (Fsp3) is 0.208. The number of alkyl halides is 2. The highest BCUT2D eigenvalue weighted by Crippen LogP contribution is 2.33. The van der Waals surface area contributed by atoms with Gasteiger partial charge in [0.25, 0.3) is 5.56 Å². The summed E-state index contributed by atoms with van der Waals surface area (Å²) in [6, 6.07) is 13.4. The number of hydrogen-bond donors (Lipinski definition) is 2. The Labute approximate surface area is 192 Å². The number of anilines is 1. The van der Waals surface area contributed by atoms with Crippen LogP contribution in [0.3, 0.4) is 0 Å². The molecule has 0 aliphatic carbocycles. The number of carbonyl (C=O) groups is 1. The van der Waals surface area contributed by atoms with Crippen molar-refractivity contribution in [3.05, 3.63) is 93.9 Å². The second kappa shape index (κ2) is 8.29. The summed E-state index contributed by atoms with van der Waals surface area (Å²) in [5, 5.41) is 6.31. The molecule has 0 radical (unpaired) electrons. The molecule has 1 aliphatic rings. The van der Waals surface area contributed by atoms with Crippen molar-refractivity contribution in [2.75, 3.05) is 11.9 Å². The van der Waals surface area contributed by atoms with Gasteiger partial charge in [0.15, 0.2) is 5.82 Å². The summed E-state index contributed by atoms with van der Waals surface area (Å²) in [7, 11) is 0. The molecule has 1 atom stereocenters. The van der Waals surface area contributed by atoms with Gasteiger partial charge < -0.3 is 10.6 Å². The molecule has 0 spiro atoms. The molecule has 0 fully saturated rings. The van der Waals surface area contributed by atoms with Gasteiger partial charge in [-0.3, -0.25) is 19.1 Å². The number of nitrogens with one attached hydrogen (secondary N) is 2. The van der Waals surface area contributed by atoms with Crippen LogP contribution in [0.15, 0.2) is 65.7 Å². The van der Waals surface area contributed by atoms with Crippen molar-refractivity contribution in [1.29, 1.82) is 0 Å². The number of benzene rings is 1. The Kier molecular flexibility index (Phi) is 5.27. The quantitative estimate of drug-likeness (QED) is 0.438. The maximum Gasteiger partial charge on any atom is 0.306 e. The molecule has 0 saturated carbocycles. The topological polar surface area (TPSA) is 102 Å². The predicted octanol–water partition coefficient (Wildman–Crippen LogP) is 2.92. The van der Waals surface area contributed by atoms with Crippen LogP contribution in [0, 0.1) is 6.92 Å². The van der Waals surface area contributed by atoms with Crippen LogP contribution in [0.1, 0.15) is 28.7 Å². The number of halogens is 2. The van der Waals surface area contributed by atoms with Gasteiger partial charge in [-0.1, -0.05) is 30.3 Å². The highest BCUT2D eigenvalue weighted by Gasteiger charge is 2.33. The van der Waals surface area contributed by atoms with Gasteiger partial charge in [0, 0.05) is 29.0 Å². The van der Waals surface area contributed by atoms with E-state index in [-0.39, 0.29) is 12.4 Å². The van der Waals surface area contributed by atoms with Gasteiger partial charge in [-0.25, -0.2) is 9.97 Å². The lowest BCUT2D eigenvalue weighted by Gasteiger charge is -2.18. The van der Waals surface area contributed by atoms with E-state index in [1.165, 1.54) is 35.2 Å². The van der Waals surface area contributed by atoms with Crippen molar-refractivity contribution in [3.63, 3.8) is 0 Å². The molecule has 8 nitrogen and oxygen atoms in total. The predicted molar refractivity (Wildman–Crippen MR) is 122 cm³/mol. The molecule has 3 aromatic heterocycles. The van der Waals surface area contributed by atoms with Crippen LogP contribution in [0.25, 0.3) is 10.9 Å². The molecule has 10 heteroatoms. The van der Waals surface area contributed by atoms with Crippen molar-refractivity contribution < 1.29 is 13.6 Å². The molecular formula is C24H20F2N6O2. The van der Waals surface area contributed by atoms with Crippen LogP contribution in [-0.2, 0) is 17.3 Å². The van der Waals surface area contributed by atoms with Crippen LogP contribution in [-0.4, -0.2) is 32.0 Å². The molecule has 1 amide bonds. The number of pyridine rings is 2. The Balaban J connectivity index is 1.31. The lowest BCUT2D eigenvalue weighted by Crippen LogP contribution is -2.37. The van der Waals surface area contributed by atoms with Gasteiger partial charge in [-0.05, 0) is 25.1 Å². The van der Waals surface area contributed by atoms with E-state index in [4.69, 9.17) is 0 Å². The van der Waals surface area contributed by atoms with Crippen LogP contribution in [0.5, 0.6) is 0 Å². The van der Waals surface area contributed by atoms with E-state index >= 15 is 0 Å². The third-order valence-electron chi connectivity index (χ3n) is 5.76. The van der Waals surface area contributed by atoms with Crippen LogP contribution in [0.4, 0.5) is 14.6 Å². The number of nitrogens with zero attached hydrogens (tertiary/aromatic N) is 4. The summed E-state index contributed by atoms with van der Waals surface area (Å²) in [6.45, 7) is 0.463. The average Bonchev–Trinajstić information content (AvgIpc) is 3.16. The summed E-state index contributed by atoms with van der Waals surface area (Å²) in [5.41, 5.74) is 1.79. The van der Waals surface area contributed by atoms with Gasteiger partial charge in [-0.15, -0.1) is 0 Å². The summed E-state index contributed by atoms with van der Waals surface area (Å²) in [4.78, 5) is 37.9. The Hall–Kier alpha value is -4.21. The second-order valence-corrected chi connectivity index (χ2v) is 8.07. The van der Waals surface area contributed by atoms with Crippen LogP contribution < -0.4 is 16.2 Å². The third-order valence-corrected chi connectivity index (χ3v) is 5.76. The van der Waals surface area contributed by atoms with Gasteiger partial charge in [-0.2, -0.15) is 8.78 Å². The molecule has 34 heavy (non-hydrogen) atoms. The zero-order valence-corrected chi connectivity index (χ0v) is 18.1. The van der Waals surface area contributed by atoms with Gasteiger partial charge in [0.1, 0.15) is 12.2 Å². The van der Waals surface area contributed by atoms with Gasteiger partial charge in [0.05, 0.1) is 23.8 Å². The number of rotatable bonds is 7. The average molecular weight is 462 g/mol. The Morgan fingerprint density at radius 1 is 1.12 bits per heavy atom. The van der Waals surface area contributed by atoms with E-state index in [1.807, 2.05) is 30.3 Å². The zero-order chi connectivity index (χ0) is 23.9. The van der Waals surface area contributed by atoms with E-state index in [1.54, 1.807) is 6.92 Å². The minimum absolute atomic E-state index is 0.270. The van der Waals surface area contributed by atoms with Crippen molar-refractivity contribution in [2.24, 2.45) is 0 Å². The molecular weight excluding hydrogens is 442 g/mol. The molecule has 2 N–H and O–H groups in total. The molecule has 172 valence electrons. The van der Waals surface area contributed by atoms with Crippen molar-refractivity contribution >= 4 is 22.6 Å². The molecule has 5 rings (SSSR count). The summed E-state index contributed by atoms with van der Waals surface area (Å²) < 4.78 is 30.1. The maximum absolute atomic E-state index is 14.4. The first-order valence-electron chi connectivity index (χ1n) is 10.6. The van der Waals surface area contributed by atoms with E-state index in [9.17, 15) is 18.4 Å². The number of fused-ring (bicyclic) bond motifs is 1. The summed E-state index contributed by atoms with van der Waals surface area (Å²) in [6.07, 6.45) is 2.63. The van der Waals surface area contributed by atoms with Gasteiger partial charge >= 0.3 is 5.92 Å².